The lowest BCUT2D eigenvalue weighted by atomic mass is 10.0. The zero-order chi connectivity index (χ0) is 16.7. The van der Waals surface area contributed by atoms with E-state index in [0.29, 0.717) is 29.6 Å². The maximum atomic E-state index is 13.3. The first-order chi connectivity index (χ1) is 11.5. The van der Waals surface area contributed by atoms with E-state index in [-0.39, 0.29) is 18.1 Å². The zero-order valence-electron chi connectivity index (χ0n) is 12.8. The summed E-state index contributed by atoms with van der Waals surface area (Å²) < 4.78 is 45.4. The van der Waals surface area contributed by atoms with Gasteiger partial charge >= 0.3 is 0 Å². The molecule has 0 radical (unpaired) electrons. The van der Waals surface area contributed by atoms with E-state index in [0.717, 1.165) is 11.1 Å². The third-order valence-corrected chi connectivity index (χ3v) is 6.05. The second-order valence-electron chi connectivity index (χ2n) is 5.88. The highest BCUT2D eigenvalue weighted by molar-refractivity contribution is 7.88. The van der Waals surface area contributed by atoms with Crippen LogP contribution in [0.1, 0.15) is 16.8 Å². The van der Waals surface area contributed by atoms with Gasteiger partial charge in [0, 0.05) is 18.5 Å². The summed E-state index contributed by atoms with van der Waals surface area (Å²) in [7, 11) is -3.53. The molecule has 1 aliphatic rings. The summed E-state index contributed by atoms with van der Waals surface area (Å²) in [5.74, 6) is -0.500. The number of rotatable bonds is 3. The van der Waals surface area contributed by atoms with Crippen molar-refractivity contribution < 1.29 is 17.3 Å². The van der Waals surface area contributed by atoms with Gasteiger partial charge in [0.2, 0.25) is 10.0 Å². The number of para-hydroxylation sites is 1. The molecule has 4 rings (SSSR count). The van der Waals surface area contributed by atoms with Crippen LogP contribution in [0.5, 0.6) is 0 Å². The molecule has 1 aliphatic heterocycles. The van der Waals surface area contributed by atoms with Gasteiger partial charge in [-0.25, -0.2) is 12.8 Å². The fourth-order valence-electron chi connectivity index (χ4n) is 3.04. The van der Waals surface area contributed by atoms with E-state index in [4.69, 9.17) is 4.52 Å². The van der Waals surface area contributed by atoms with Crippen molar-refractivity contribution in [1.82, 2.24) is 9.46 Å². The van der Waals surface area contributed by atoms with Crippen LogP contribution in [0.25, 0.3) is 11.0 Å². The molecule has 0 spiro atoms. The summed E-state index contributed by atoms with van der Waals surface area (Å²) >= 11 is 0. The Kier molecular flexibility index (Phi) is 3.62. The van der Waals surface area contributed by atoms with E-state index in [1.807, 2.05) is 12.1 Å². The maximum Gasteiger partial charge on any atom is 0.220 e. The van der Waals surface area contributed by atoms with Gasteiger partial charge in [0.1, 0.15) is 17.3 Å². The summed E-state index contributed by atoms with van der Waals surface area (Å²) in [6, 6.07) is 11.7. The lowest BCUT2D eigenvalue weighted by molar-refractivity contribution is 0.388. The highest BCUT2D eigenvalue weighted by Gasteiger charge is 2.28. The van der Waals surface area contributed by atoms with E-state index in [1.54, 1.807) is 18.2 Å². The minimum absolute atomic E-state index is 0.208. The largest absolute Gasteiger partial charge is 0.356 e. The fourth-order valence-corrected chi connectivity index (χ4v) is 4.48. The monoisotopic (exact) mass is 346 g/mol. The van der Waals surface area contributed by atoms with E-state index in [2.05, 4.69) is 5.16 Å². The molecule has 7 heteroatoms. The topological polar surface area (TPSA) is 63.4 Å². The smallest absolute Gasteiger partial charge is 0.220 e. The van der Waals surface area contributed by atoms with Gasteiger partial charge in [-0.15, -0.1) is 0 Å². The molecule has 3 aromatic rings. The van der Waals surface area contributed by atoms with Crippen molar-refractivity contribution in [2.45, 2.75) is 18.7 Å². The second-order valence-corrected chi connectivity index (χ2v) is 7.85. The number of halogens is 1. The first-order valence-corrected chi connectivity index (χ1v) is 9.22. The molecule has 1 aromatic heterocycles. The third kappa shape index (κ3) is 2.70. The van der Waals surface area contributed by atoms with Crippen LogP contribution < -0.4 is 0 Å². The van der Waals surface area contributed by atoms with Gasteiger partial charge in [-0.1, -0.05) is 23.4 Å². The Morgan fingerprint density at radius 3 is 2.88 bits per heavy atom. The summed E-state index contributed by atoms with van der Waals surface area (Å²) in [6.45, 7) is 0.600. The van der Waals surface area contributed by atoms with E-state index in [1.165, 1.54) is 16.4 Å². The average molecular weight is 346 g/mol. The Bertz CT molecular complexity index is 1010. The molecule has 2 heterocycles. The Morgan fingerprint density at radius 2 is 2.00 bits per heavy atom. The summed E-state index contributed by atoms with van der Waals surface area (Å²) in [5, 5.41) is 4.61. The van der Waals surface area contributed by atoms with Gasteiger partial charge in [-0.2, -0.15) is 4.31 Å². The number of benzene rings is 2. The van der Waals surface area contributed by atoms with E-state index >= 15 is 0 Å². The normalized spacial score (nSPS) is 15.5. The quantitative estimate of drug-likeness (QED) is 0.731. The summed E-state index contributed by atoms with van der Waals surface area (Å²) in [6.07, 6.45) is 0.506. The Morgan fingerprint density at radius 1 is 1.17 bits per heavy atom. The van der Waals surface area contributed by atoms with Gasteiger partial charge in [-0.3, -0.25) is 0 Å². The molecule has 0 aliphatic carbocycles. The van der Waals surface area contributed by atoms with E-state index < -0.39 is 10.0 Å². The molecule has 0 amide bonds. The summed E-state index contributed by atoms with van der Waals surface area (Å²) in [4.78, 5) is 0. The first kappa shape index (κ1) is 15.3. The number of sulfonamides is 1. The summed E-state index contributed by atoms with van der Waals surface area (Å²) in [5.41, 5.74) is 2.70. The third-order valence-electron chi connectivity index (χ3n) is 4.31. The van der Waals surface area contributed by atoms with Crippen LogP contribution >= 0.6 is 0 Å². The predicted molar refractivity (Wildman–Crippen MR) is 87.1 cm³/mol. The molecule has 0 saturated heterocycles. The molecule has 0 saturated carbocycles. The molecule has 0 N–H and O–H groups in total. The first-order valence-electron chi connectivity index (χ1n) is 7.61. The van der Waals surface area contributed by atoms with Crippen LogP contribution in [-0.2, 0) is 28.7 Å². The van der Waals surface area contributed by atoms with Crippen molar-refractivity contribution in [3.63, 3.8) is 0 Å². The lowest BCUT2D eigenvalue weighted by Gasteiger charge is -2.27. The van der Waals surface area contributed by atoms with Crippen LogP contribution in [-0.4, -0.2) is 24.4 Å². The van der Waals surface area contributed by atoms with Crippen molar-refractivity contribution in [2.75, 3.05) is 6.54 Å². The molecular formula is C17H15FN2O3S. The average Bonchev–Trinajstić information content (AvgIpc) is 2.97. The highest BCUT2D eigenvalue weighted by atomic mass is 32.2. The molecular weight excluding hydrogens is 331 g/mol. The van der Waals surface area contributed by atoms with Crippen LogP contribution in [0.2, 0.25) is 0 Å². The Labute approximate surface area is 138 Å². The lowest BCUT2D eigenvalue weighted by Crippen LogP contribution is -2.36. The van der Waals surface area contributed by atoms with Crippen molar-refractivity contribution in [1.29, 1.82) is 0 Å². The number of aromatic nitrogens is 1. The molecule has 0 fully saturated rings. The van der Waals surface area contributed by atoms with E-state index in [9.17, 15) is 12.8 Å². The van der Waals surface area contributed by atoms with Crippen molar-refractivity contribution in [2.24, 2.45) is 0 Å². The van der Waals surface area contributed by atoms with Crippen LogP contribution in [0, 0.1) is 5.82 Å². The standard InChI is InChI=1S/C17H15FN2O3S/c18-14-6-5-13-10-20(8-7-12(13)9-14)24(21,22)11-16-15-3-1-2-4-17(15)23-19-16/h1-6,9H,7-8,10-11H2. The van der Waals surface area contributed by atoms with Gasteiger partial charge in [0.15, 0.2) is 5.58 Å². The SMILES string of the molecule is O=S(=O)(Cc1noc2ccccc12)N1CCc2cc(F)ccc2C1. The van der Waals surface area contributed by atoms with Crippen molar-refractivity contribution in [3.8, 4) is 0 Å². The van der Waals surface area contributed by atoms with Crippen LogP contribution in [0.15, 0.2) is 47.0 Å². The van der Waals surface area contributed by atoms with Gasteiger partial charge in [-0.05, 0) is 41.8 Å². The fraction of sp³-hybridized carbons (Fsp3) is 0.235. The Hall–Kier alpha value is -2.25. The Balaban J connectivity index is 1.60. The highest BCUT2D eigenvalue weighted by Crippen LogP contribution is 2.25. The van der Waals surface area contributed by atoms with Gasteiger partial charge in [0.05, 0.1) is 0 Å². The maximum absolute atomic E-state index is 13.3. The number of nitrogens with zero attached hydrogens (tertiary/aromatic N) is 2. The predicted octanol–water partition coefficient (Wildman–Crippen LogP) is 2.86. The molecule has 124 valence electrons. The van der Waals surface area contributed by atoms with Crippen molar-refractivity contribution in [3.05, 3.63) is 65.1 Å². The van der Waals surface area contributed by atoms with Crippen LogP contribution in [0.3, 0.4) is 0 Å². The molecule has 2 aromatic carbocycles. The minimum atomic E-state index is -3.53. The second kappa shape index (κ2) is 5.68. The molecule has 24 heavy (non-hydrogen) atoms. The van der Waals surface area contributed by atoms with Gasteiger partial charge in [0.25, 0.3) is 0 Å². The molecule has 5 nitrogen and oxygen atoms in total. The number of hydrogen-bond donors (Lipinski definition) is 0. The minimum Gasteiger partial charge on any atom is -0.356 e. The van der Waals surface area contributed by atoms with Crippen molar-refractivity contribution >= 4 is 21.0 Å². The van der Waals surface area contributed by atoms with Crippen LogP contribution in [0.4, 0.5) is 4.39 Å². The molecule has 0 bridgehead atoms. The zero-order valence-corrected chi connectivity index (χ0v) is 13.6. The van der Waals surface area contributed by atoms with Gasteiger partial charge < -0.3 is 4.52 Å². The molecule has 0 unspecified atom stereocenters. The molecule has 0 atom stereocenters. The number of fused-ring (bicyclic) bond motifs is 2. The number of hydrogen-bond acceptors (Lipinski definition) is 4.